The van der Waals surface area contributed by atoms with Gasteiger partial charge < -0.3 is 4.74 Å². The van der Waals surface area contributed by atoms with Crippen molar-refractivity contribution >= 4 is 5.97 Å². The second kappa shape index (κ2) is 7.34. The number of hydrogen-bond donors (Lipinski definition) is 0. The van der Waals surface area contributed by atoms with E-state index >= 15 is 0 Å². The zero-order valence-corrected chi connectivity index (χ0v) is 10.9. The first-order valence-corrected chi connectivity index (χ1v) is 6.07. The zero-order valence-electron chi connectivity index (χ0n) is 10.9. The Bertz CT molecular complexity index is 460. The molecule has 0 aromatic heterocycles. The van der Waals surface area contributed by atoms with E-state index in [0.717, 1.165) is 12.0 Å². The molecule has 1 aromatic carbocycles. The summed E-state index contributed by atoms with van der Waals surface area (Å²) in [5.74, 6) is 6.22. The lowest BCUT2D eigenvalue weighted by Gasteiger charge is -2.01. The second-order valence-corrected chi connectivity index (χ2v) is 3.99. The van der Waals surface area contributed by atoms with Crippen molar-refractivity contribution in [1.82, 2.24) is 0 Å². The Morgan fingerprint density at radius 2 is 2.11 bits per heavy atom. The third kappa shape index (κ3) is 4.47. The molecule has 18 heavy (non-hydrogen) atoms. The highest BCUT2D eigenvalue weighted by molar-refractivity contribution is 5.89. The Kier molecular flexibility index (Phi) is 5.73. The van der Waals surface area contributed by atoms with Gasteiger partial charge in [0.15, 0.2) is 0 Å². The molecule has 1 unspecified atom stereocenters. The van der Waals surface area contributed by atoms with E-state index in [2.05, 4.69) is 25.3 Å². The average Bonchev–Trinajstić information content (AvgIpc) is 2.37. The van der Waals surface area contributed by atoms with E-state index in [0.29, 0.717) is 18.1 Å². The molecule has 0 radical (unpaired) electrons. The van der Waals surface area contributed by atoms with Gasteiger partial charge in [-0.25, -0.2) is 4.79 Å². The van der Waals surface area contributed by atoms with Crippen LogP contribution in [-0.2, 0) is 4.74 Å². The van der Waals surface area contributed by atoms with E-state index in [1.54, 1.807) is 19.1 Å². The number of allylic oxidation sites excluding steroid dienone is 1. The molecule has 2 nitrogen and oxygen atoms in total. The van der Waals surface area contributed by atoms with Crippen molar-refractivity contribution in [3.05, 3.63) is 48.0 Å². The lowest BCUT2D eigenvalue weighted by Crippen LogP contribution is -2.04. The molecule has 2 heteroatoms. The van der Waals surface area contributed by atoms with Crippen molar-refractivity contribution < 1.29 is 9.53 Å². The Morgan fingerprint density at radius 1 is 1.44 bits per heavy atom. The van der Waals surface area contributed by atoms with Crippen molar-refractivity contribution in [2.24, 2.45) is 5.92 Å². The maximum Gasteiger partial charge on any atom is 0.338 e. The molecule has 0 bridgehead atoms. The van der Waals surface area contributed by atoms with Crippen LogP contribution in [0.5, 0.6) is 0 Å². The normalized spacial score (nSPS) is 11.0. The number of benzene rings is 1. The number of carbonyl (C=O) groups is 1. The summed E-state index contributed by atoms with van der Waals surface area (Å²) >= 11 is 0. The fourth-order valence-electron chi connectivity index (χ4n) is 1.42. The van der Waals surface area contributed by atoms with Gasteiger partial charge in [-0.05, 0) is 37.6 Å². The van der Waals surface area contributed by atoms with E-state index < -0.39 is 0 Å². The van der Waals surface area contributed by atoms with Crippen LogP contribution in [0.1, 0.15) is 36.2 Å². The van der Waals surface area contributed by atoms with Gasteiger partial charge in [0, 0.05) is 11.5 Å². The summed E-state index contributed by atoms with van der Waals surface area (Å²) in [6, 6.07) is 7.14. The number of ether oxygens (including phenoxy) is 1. The van der Waals surface area contributed by atoms with Crippen molar-refractivity contribution in [2.75, 3.05) is 6.61 Å². The average molecular weight is 242 g/mol. The number of hydrogen-bond acceptors (Lipinski definition) is 2. The Labute approximate surface area is 109 Å². The Morgan fingerprint density at radius 3 is 2.67 bits per heavy atom. The van der Waals surface area contributed by atoms with Gasteiger partial charge in [-0.1, -0.05) is 24.8 Å². The van der Waals surface area contributed by atoms with Crippen LogP contribution in [0.3, 0.4) is 0 Å². The molecule has 0 fully saturated rings. The van der Waals surface area contributed by atoms with Gasteiger partial charge >= 0.3 is 5.97 Å². The van der Waals surface area contributed by atoms with E-state index in [1.165, 1.54) is 0 Å². The molecule has 0 heterocycles. The predicted molar refractivity (Wildman–Crippen MR) is 73.3 cm³/mol. The molecular weight excluding hydrogens is 224 g/mol. The third-order valence-electron chi connectivity index (χ3n) is 2.38. The van der Waals surface area contributed by atoms with Gasteiger partial charge in [0.25, 0.3) is 0 Å². The maximum absolute atomic E-state index is 11.4. The van der Waals surface area contributed by atoms with Crippen LogP contribution in [0.25, 0.3) is 0 Å². The van der Waals surface area contributed by atoms with Gasteiger partial charge in [-0.3, -0.25) is 0 Å². The first kappa shape index (κ1) is 14.1. The zero-order chi connectivity index (χ0) is 13.4. The van der Waals surface area contributed by atoms with Gasteiger partial charge in [-0.15, -0.1) is 6.58 Å². The Balaban J connectivity index is 2.71. The van der Waals surface area contributed by atoms with Crippen LogP contribution in [0, 0.1) is 17.8 Å². The van der Waals surface area contributed by atoms with Gasteiger partial charge in [0.05, 0.1) is 12.2 Å². The van der Waals surface area contributed by atoms with Crippen molar-refractivity contribution in [3.63, 3.8) is 0 Å². The minimum atomic E-state index is -0.294. The van der Waals surface area contributed by atoms with Crippen LogP contribution in [0.2, 0.25) is 0 Å². The molecular formula is C16H18O2. The van der Waals surface area contributed by atoms with Gasteiger partial charge in [0.1, 0.15) is 0 Å². The van der Waals surface area contributed by atoms with Crippen LogP contribution in [0.4, 0.5) is 0 Å². The highest BCUT2D eigenvalue weighted by Crippen LogP contribution is 2.06. The summed E-state index contributed by atoms with van der Waals surface area (Å²) < 4.78 is 4.91. The first-order valence-electron chi connectivity index (χ1n) is 6.07. The molecule has 94 valence electrons. The Hall–Kier alpha value is -2.01. The molecule has 1 rings (SSSR count). The molecule has 1 aromatic rings. The summed E-state index contributed by atoms with van der Waals surface area (Å²) in [6.07, 6.45) is 2.75. The molecule has 1 atom stereocenters. The van der Waals surface area contributed by atoms with E-state index in [1.807, 2.05) is 18.2 Å². The number of carbonyl (C=O) groups excluding carboxylic acids is 1. The van der Waals surface area contributed by atoms with Crippen LogP contribution in [0.15, 0.2) is 36.9 Å². The van der Waals surface area contributed by atoms with Crippen LogP contribution >= 0.6 is 0 Å². The highest BCUT2D eigenvalue weighted by Gasteiger charge is 2.04. The maximum atomic E-state index is 11.4. The fraction of sp³-hybridized carbons (Fsp3) is 0.312. The van der Waals surface area contributed by atoms with Gasteiger partial charge in [0.2, 0.25) is 0 Å². The largest absolute Gasteiger partial charge is 0.462 e. The van der Waals surface area contributed by atoms with E-state index in [9.17, 15) is 4.79 Å². The van der Waals surface area contributed by atoms with Gasteiger partial charge in [-0.2, -0.15) is 0 Å². The molecule has 0 aliphatic heterocycles. The molecule has 0 aliphatic rings. The number of esters is 1. The number of rotatable bonds is 4. The van der Waals surface area contributed by atoms with Crippen LogP contribution in [-0.4, -0.2) is 12.6 Å². The highest BCUT2D eigenvalue weighted by atomic mass is 16.5. The molecule has 0 saturated carbocycles. The smallest absolute Gasteiger partial charge is 0.338 e. The molecule has 0 N–H and O–H groups in total. The van der Waals surface area contributed by atoms with Crippen molar-refractivity contribution in [3.8, 4) is 11.8 Å². The summed E-state index contributed by atoms with van der Waals surface area (Å²) in [5, 5.41) is 0. The first-order chi connectivity index (χ1) is 8.67. The quantitative estimate of drug-likeness (QED) is 0.459. The van der Waals surface area contributed by atoms with Crippen LogP contribution < -0.4 is 0 Å². The predicted octanol–water partition coefficient (Wildman–Crippen LogP) is 3.43. The minimum absolute atomic E-state index is 0.294. The standard InChI is InChI=1S/C16H18O2/c1-4-6-13(3)7-8-14-9-11-15(12-10-14)16(17)18-5-2/h4,9-13H,1,5-6H2,2-3H3. The minimum Gasteiger partial charge on any atom is -0.462 e. The summed E-state index contributed by atoms with van der Waals surface area (Å²) in [6.45, 7) is 7.92. The second-order valence-electron chi connectivity index (χ2n) is 3.99. The topological polar surface area (TPSA) is 26.3 Å². The molecule has 0 amide bonds. The third-order valence-corrected chi connectivity index (χ3v) is 2.38. The summed E-state index contributed by atoms with van der Waals surface area (Å²) in [4.78, 5) is 11.4. The molecule has 0 aliphatic carbocycles. The monoisotopic (exact) mass is 242 g/mol. The van der Waals surface area contributed by atoms with E-state index in [-0.39, 0.29) is 5.97 Å². The fourth-order valence-corrected chi connectivity index (χ4v) is 1.42. The van der Waals surface area contributed by atoms with Crippen molar-refractivity contribution in [1.29, 1.82) is 0 Å². The SMILES string of the molecule is C=CCC(C)C#Cc1ccc(C(=O)OCC)cc1. The summed E-state index contributed by atoms with van der Waals surface area (Å²) in [7, 11) is 0. The van der Waals surface area contributed by atoms with E-state index in [4.69, 9.17) is 4.74 Å². The molecule has 0 saturated heterocycles. The lowest BCUT2D eigenvalue weighted by molar-refractivity contribution is 0.0526. The molecule has 0 spiro atoms. The van der Waals surface area contributed by atoms with Crippen molar-refractivity contribution in [2.45, 2.75) is 20.3 Å². The lowest BCUT2D eigenvalue weighted by atomic mass is 10.1. The summed E-state index contributed by atoms with van der Waals surface area (Å²) in [5.41, 5.74) is 1.46.